The summed E-state index contributed by atoms with van der Waals surface area (Å²) in [5.41, 5.74) is 4.08. The molecule has 3 heteroatoms. The third-order valence-electron chi connectivity index (χ3n) is 1.81. The van der Waals surface area contributed by atoms with Crippen molar-refractivity contribution in [1.82, 2.24) is 4.98 Å². The zero-order valence-electron chi connectivity index (χ0n) is 6.97. The number of thiazole rings is 1. The molecule has 0 aliphatic heterocycles. The minimum absolute atomic E-state index is 0.307. The highest BCUT2D eigenvalue weighted by Gasteiger charge is 1.97. The summed E-state index contributed by atoms with van der Waals surface area (Å²) in [5, 5.41) is 11.1. The Kier molecular flexibility index (Phi) is 2.27. The molecule has 0 fully saturated rings. The average molecular weight is 191 g/mol. The van der Waals surface area contributed by atoms with E-state index in [9.17, 15) is 0 Å². The van der Waals surface area contributed by atoms with Crippen molar-refractivity contribution in [2.45, 2.75) is 6.42 Å². The van der Waals surface area contributed by atoms with E-state index < -0.39 is 0 Å². The van der Waals surface area contributed by atoms with E-state index in [1.165, 1.54) is 5.56 Å². The van der Waals surface area contributed by atoms with E-state index in [0.29, 0.717) is 5.75 Å². The second-order valence-corrected chi connectivity index (χ2v) is 3.54. The molecule has 0 amide bonds. The predicted molar refractivity (Wildman–Crippen MR) is 53.0 cm³/mol. The molecule has 0 unspecified atom stereocenters. The molecule has 0 saturated carbocycles. The van der Waals surface area contributed by atoms with Gasteiger partial charge in [-0.05, 0) is 17.7 Å². The Bertz CT molecular complexity index is 366. The fraction of sp³-hybridized carbons (Fsp3) is 0.100. The maximum atomic E-state index is 9.07. The molecule has 0 radical (unpaired) electrons. The van der Waals surface area contributed by atoms with Crippen LogP contribution in [0.15, 0.2) is 35.2 Å². The maximum absolute atomic E-state index is 9.07. The monoisotopic (exact) mass is 191 g/mol. The number of rotatable bonds is 2. The lowest BCUT2D eigenvalue weighted by Crippen LogP contribution is -1.86. The molecule has 1 heterocycles. The normalized spacial score (nSPS) is 10.2. The first-order valence-corrected chi connectivity index (χ1v) is 4.94. The van der Waals surface area contributed by atoms with Gasteiger partial charge in [-0.1, -0.05) is 12.1 Å². The molecule has 0 aliphatic carbocycles. The van der Waals surface area contributed by atoms with Crippen LogP contribution in [0.3, 0.4) is 0 Å². The van der Waals surface area contributed by atoms with Crippen LogP contribution in [0, 0.1) is 0 Å². The highest BCUT2D eigenvalue weighted by Crippen LogP contribution is 2.13. The number of nitrogens with zero attached hydrogens (tertiary/aromatic N) is 1. The summed E-state index contributed by atoms with van der Waals surface area (Å²) in [6.45, 7) is 0. The summed E-state index contributed by atoms with van der Waals surface area (Å²) in [5.74, 6) is 0.307. The van der Waals surface area contributed by atoms with Crippen LogP contribution in [-0.4, -0.2) is 10.1 Å². The Hall–Kier alpha value is -1.35. The van der Waals surface area contributed by atoms with E-state index in [-0.39, 0.29) is 0 Å². The van der Waals surface area contributed by atoms with E-state index in [2.05, 4.69) is 4.98 Å². The first kappa shape index (κ1) is 8.26. The zero-order chi connectivity index (χ0) is 9.10. The number of aromatic nitrogens is 1. The third-order valence-corrected chi connectivity index (χ3v) is 2.44. The van der Waals surface area contributed by atoms with Gasteiger partial charge in [-0.2, -0.15) is 0 Å². The van der Waals surface area contributed by atoms with Crippen molar-refractivity contribution in [2.75, 3.05) is 0 Å². The Morgan fingerprint density at radius 1 is 1.23 bits per heavy atom. The van der Waals surface area contributed by atoms with E-state index in [4.69, 9.17) is 5.11 Å². The molecule has 0 atom stereocenters. The minimum atomic E-state index is 0.307. The van der Waals surface area contributed by atoms with Crippen LogP contribution in [0.5, 0.6) is 5.75 Å². The minimum Gasteiger partial charge on any atom is -0.508 e. The largest absolute Gasteiger partial charge is 0.508 e. The second-order valence-electron chi connectivity index (χ2n) is 2.82. The SMILES string of the molecule is Oc1ccc(Cc2cscn2)cc1. The summed E-state index contributed by atoms with van der Waals surface area (Å²) >= 11 is 1.60. The van der Waals surface area contributed by atoms with Crippen molar-refractivity contribution in [1.29, 1.82) is 0 Å². The van der Waals surface area contributed by atoms with Gasteiger partial charge in [-0.15, -0.1) is 11.3 Å². The fourth-order valence-electron chi connectivity index (χ4n) is 1.15. The van der Waals surface area contributed by atoms with Crippen molar-refractivity contribution in [3.8, 4) is 5.75 Å². The van der Waals surface area contributed by atoms with Crippen molar-refractivity contribution in [2.24, 2.45) is 0 Å². The van der Waals surface area contributed by atoms with Gasteiger partial charge >= 0.3 is 0 Å². The Labute approximate surface area is 80.5 Å². The van der Waals surface area contributed by atoms with Crippen molar-refractivity contribution in [3.05, 3.63) is 46.4 Å². The quantitative estimate of drug-likeness (QED) is 0.790. The van der Waals surface area contributed by atoms with Crippen LogP contribution in [-0.2, 0) is 6.42 Å². The van der Waals surface area contributed by atoms with Crippen LogP contribution in [0.25, 0.3) is 0 Å². The van der Waals surface area contributed by atoms with Crippen molar-refractivity contribution >= 4 is 11.3 Å². The summed E-state index contributed by atoms with van der Waals surface area (Å²) in [6, 6.07) is 7.22. The first-order chi connectivity index (χ1) is 6.34. The number of benzene rings is 1. The molecule has 0 spiro atoms. The maximum Gasteiger partial charge on any atom is 0.115 e. The van der Waals surface area contributed by atoms with Crippen molar-refractivity contribution < 1.29 is 5.11 Å². The average Bonchev–Trinajstić information content (AvgIpc) is 2.62. The third kappa shape index (κ3) is 2.06. The predicted octanol–water partition coefficient (Wildman–Crippen LogP) is 2.44. The molecule has 2 rings (SSSR count). The van der Waals surface area contributed by atoms with Crippen LogP contribution < -0.4 is 0 Å². The van der Waals surface area contributed by atoms with Gasteiger partial charge in [0, 0.05) is 11.8 Å². The topological polar surface area (TPSA) is 33.1 Å². The van der Waals surface area contributed by atoms with Gasteiger partial charge in [0.05, 0.1) is 11.2 Å². The standard InChI is InChI=1S/C10H9NOS/c12-10-3-1-8(2-4-10)5-9-6-13-7-11-9/h1-4,6-7,12H,5H2. The van der Waals surface area contributed by atoms with Gasteiger partial charge in [-0.25, -0.2) is 4.98 Å². The van der Waals surface area contributed by atoms with Crippen LogP contribution in [0.1, 0.15) is 11.3 Å². The van der Waals surface area contributed by atoms with Gasteiger partial charge in [0.1, 0.15) is 5.75 Å². The number of aromatic hydroxyl groups is 1. The summed E-state index contributed by atoms with van der Waals surface area (Å²) in [6.07, 6.45) is 0.837. The van der Waals surface area contributed by atoms with Crippen LogP contribution in [0.4, 0.5) is 0 Å². The molecule has 2 aromatic rings. The summed E-state index contributed by atoms with van der Waals surface area (Å²) in [4.78, 5) is 4.19. The zero-order valence-corrected chi connectivity index (χ0v) is 7.79. The van der Waals surface area contributed by atoms with Gasteiger partial charge in [0.25, 0.3) is 0 Å². The number of hydrogen-bond acceptors (Lipinski definition) is 3. The Morgan fingerprint density at radius 2 is 2.00 bits per heavy atom. The number of phenols is 1. The molecular weight excluding hydrogens is 182 g/mol. The second kappa shape index (κ2) is 3.58. The Balaban J connectivity index is 2.15. The Morgan fingerprint density at radius 3 is 2.62 bits per heavy atom. The molecule has 1 aromatic heterocycles. The smallest absolute Gasteiger partial charge is 0.115 e. The molecule has 0 bridgehead atoms. The molecule has 0 aliphatic rings. The lowest BCUT2D eigenvalue weighted by molar-refractivity contribution is 0.475. The molecule has 2 nitrogen and oxygen atoms in total. The van der Waals surface area contributed by atoms with E-state index >= 15 is 0 Å². The van der Waals surface area contributed by atoms with Crippen molar-refractivity contribution in [3.63, 3.8) is 0 Å². The van der Waals surface area contributed by atoms with Gasteiger partial charge in [-0.3, -0.25) is 0 Å². The fourth-order valence-corrected chi connectivity index (χ4v) is 1.71. The molecule has 13 heavy (non-hydrogen) atoms. The van der Waals surface area contributed by atoms with E-state index in [1.54, 1.807) is 23.5 Å². The lowest BCUT2D eigenvalue weighted by Gasteiger charge is -1.97. The van der Waals surface area contributed by atoms with Crippen LogP contribution in [0.2, 0.25) is 0 Å². The highest BCUT2D eigenvalue weighted by atomic mass is 32.1. The molecular formula is C10H9NOS. The lowest BCUT2D eigenvalue weighted by atomic mass is 10.1. The first-order valence-electron chi connectivity index (χ1n) is 3.99. The van der Waals surface area contributed by atoms with Gasteiger partial charge < -0.3 is 5.11 Å². The highest BCUT2D eigenvalue weighted by molar-refractivity contribution is 7.07. The van der Waals surface area contributed by atoms with E-state index in [0.717, 1.165) is 12.1 Å². The van der Waals surface area contributed by atoms with Gasteiger partial charge in [0.2, 0.25) is 0 Å². The molecule has 1 aromatic carbocycles. The van der Waals surface area contributed by atoms with Crippen LogP contribution >= 0.6 is 11.3 Å². The molecule has 66 valence electrons. The summed E-state index contributed by atoms with van der Waals surface area (Å²) in [7, 11) is 0. The van der Waals surface area contributed by atoms with Gasteiger partial charge in [0.15, 0.2) is 0 Å². The number of phenolic OH excluding ortho intramolecular Hbond substituents is 1. The molecule has 0 saturated heterocycles. The van der Waals surface area contributed by atoms with E-state index in [1.807, 2.05) is 23.0 Å². The number of hydrogen-bond donors (Lipinski definition) is 1. The molecule has 1 N–H and O–H groups in total. The summed E-state index contributed by atoms with van der Waals surface area (Å²) < 4.78 is 0.